The Morgan fingerprint density at radius 2 is 2.14 bits per heavy atom. The molecule has 0 spiro atoms. The normalized spacial score (nSPS) is 11.4. The Bertz CT molecular complexity index is 676. The van der Waals surface area contributed by atoms with E-state index in [2.05, 4.69) is 15.1 Å². The SMILES string of the molecule is COC(=O)C(C)(C)Cc1nc(-c2nc(C(=O)O)cs2)no1. The van der Waals surface area contributed by atoms with Crippen molar-refractivity contribution in [2.24, 2.45) is 5.41 Å². The number of thiazole rings is 1. The van der Waals surface area contributed by atoms with Gasteiger partial charge in [0.15, 0.2) is 10.7 Å². The quantitative estimate of drug-likeness (QED) is 0.828. The Hall–Kier alpha value is -2.29. The van der Waals surface area contributed by atoms with Crippen LogP contribution in [0.15, 0.2) is 9.90 Å². The third-order valence-electron chi connectivity index (χ3n) is 2.71. The molecule has 0 atom stereocenters. The first-order valence-corrected chi connectivity index (χ1v) is 6.81. The summed E-state index contributed by atoms with van der Waals surface area (Å²) < 4.78 is 9.77. The maximum Gasteiger partial charge on any atom is 0.355 e. The van der Waals surface area contributed by atoms with Crippen LogP contribution in [0.25, 0.3) is 10.8 Å². The molecule has 0 radical (unpaired) electrons. The zero-order chi connectivity index (χ0) is 15.6. The molecule has 21 heavy (non-hydrogen) atoms. The summed E-state index contributed by atoms with van der Waals surface area (Å²) in [5, 5.41) is 14.3. The molecule has 0 saturated heterocycles. The third-order valence-corrected chi connectivity index (χ3v) is 3.55. The predicted octanol–water partition coefficient (Wildman–Crippen LogP) is 1.63. The minimum atomic E-state index is -1.12. The molecule has 2 aromatic rings. The van der Waals surface area contributed by atoms with Crippen molar-refractivity contribution in [2.75, 3.05) is 7.11 Å². The summed E-state index contributed by atoms with van der Waals surface area (Å²) in [6, 6.07) is 0. The summed E-state index contributed by atoms with van der Waals surface area (Å²) in [5.74, 6) is -1.05. The fraction of sp³-hybridized carbons (Fsp3) is 0.417. The lowest BCUT2D eigenvalue weighted by Gasteiger charge is -2.18. The van der Waals surface area contributed by atoms with Gasteiger partial charge in [-0.3, -0.25) is 4.79 Å². The molecular weight excluding hydrogens is 298 g/mol. The Balaban J connectivity index is 2.18. The lowest BCUT2D eigenvalue weighted by atomic mass is 9.89. The van der Waals surface area contributed by atoms with Gasteiger partial charge in [0.25, 0.3) is 0 Å². The summed E-state index contributed by atoms with van der Waals surface area (Å²) in [4.78, 5) is 30.4. The average molecular weight is 311 g/mol. The molecule has 0 bridgehead atoms. The predicted molar refractivity (Wildman–Crippen MR) is 71.9 cm³/mol. The fourth-order valence-corrected chi connectivity index (χ4v) is 2.33. The van der Waals surface area contributed by atoms with Gasteiger partial charge in [-0.1, -0.05) is 5.16 Å². The minimum absolute atomic E-state index is 0.0729. The summed E-state index contributed by atoms with van der Waals surface area (Å²) in [6.45, 7) is 3.41. The first-order chi connectivity index (χ1) is 9.83. The number of carboxylic acids is 1. The Morgan fingerprint density at radius 3 is 2.71 bits per heavy atom. The number of carboxylic acid groups (broad SMARTS) is 1. The summed E-state index contributed by atoms with van der Waals surface area (Å²) in [6.07, 6.45) is 0.212. The lowest BCUT2D eigenvalue weighted by molar-refractivity contribution is -0.150. The topological polar surface area (TPSA) is 115 Å². The smallest absolute Gasteiger partial charge is 0.355 e. The van der Waals surface area contributed by atoms with E-state index in [9.17, 15) is 9.59 Å². The van der Waals surface area contributed by atoms with Gasteiger partial charge in [-0.05, 0) is 13.8 Å². The van der Waals surface area contributed by atoms with Crippen molar-refractivity contribution in [1.29, 1.82) is 0 Å². The summed E-state index contributed by atoms with van der Waals surface area (Å²) in [5.41, 5.74) is -0.871. The molecule has 8 nitrogen and oxygen atoms in total. The van der Waals surface area contributed by atoms with Crippen LogP contribution in [0.3, 0.4) is 0 Å². The molecule has 0 saturated carbocycles. The van der Waals surface area contributed by atoms with Crippen LogP contribution in [0.1, 0.15) is 30.2 Å². The first kappa shape index (κ1) is 15.1. The highest BCUT2D eigenvalue weighted by Gasteiger charge is 2.31. The summed E-state index contributed by atoms with van der Waals surface area (Å²) in [7, 11) is 1.31. The van der Waals surface area contributed by atoms with Crippen LogP contribution in [0.2, 0.25) is 0 Å². The second-order valence-electron chi connectivity index (χ2n) is 4.91. The minimum Gasteiger partial charge on any atom is -0.476 e. The molecular formula is C12H13N3O5S. The molecule has 1 N–H and O–H groups in total. The van der Waals surface area contributed by atoms with Gasteiger partial charge in [0.05, 0.1) is 12.5 Å². The molecule has 0 amide bonds. The van der Waals surface area contributed by atoms with E-state index < -0.39 is 11.4 Å². The van der Waals surface area contributed by atoms with Crippen molar-refractivity contribution in [1.82, 2.24) is 15.1 Å². The molecule has 0 unspecified atom stereocenters. The maximum atomic E-state index is 11.6. The standard InChI is InChI=1S/C12H13N3O5S/c1-12(2,11(18)19-3)4-7-14-8(15-20-7)9-13-6(5-21-9)10(16)17/h5H,4H2,1-3H3,(H,16,17). The number of nitrogens with zero attached hydrogens (tertiary/aromatic N) is 3. The van der Waals surface area contributed by atoms with Gasteiger partial charge in [-0.15, -0.1) is 11.3 Å². The van der Waals surface area contributed by atoms with Gasteiger partial charge in [0.1, 0.15) is 0 Å². The van der Waals surface area contributed by atoms with Crippen LogP contribution in [0.4, 0.5) is 0 Å². The number of aromatic carboxylic acids is 1. The number of ether oxygens (including phenoxy) is 1. The number of carbonyl (C=O) groups excluding carboxylic acids is 1. The highest BCUT2D eigenvalue weighted by molar-refractivity contribution is 7.13. The number of rotatable bonds is 5. The molecule has 0 aliphatic heterocycles. The molecule has 112 valence electrons. The van der Waals surface area contributed by atoms with Crippen molar-refractivity contribution >= 4 is 23.3 Å². The van der Waals surface area contributed by atoms with Crippen LogP contribution in [0.5, 0.6) is 0 Å². The van der Waals surface area contributed by atoms with E-state index in [0.29, 0.717) is 5.01 Å². The van der Waals surface area contributed by atoms with Crippen molar-refractivity contribution in [2.45, 2.75) is 20.3 Å². The molecule has 0 aliphatic carbocycles. The van der Waals surface area contributed by atoms with Crippen molar-refractivity contribution in [3.8, 4) is 10.8 Å². The lowest BCUT2D eigenvalue weighted by Crippen LogP contribution is -2.28. The van der Waals surface area contributed by atoms with Gasteiger partial charge in [0, 0.05) is 11.8 Å². The van der Waals surface area contributed by atoms with E-state index in [0.717, 1.165) is 11.3 Å². The number of aromatic nitrogens is 3. The molecule has 0 aromatic carbocycles. The Morgan fingerprint density at radius 1 is 1.43 bits per heavy atom. The van der Waals surface area contributed by atoms with Gasteiger partial charge in [-0.25, -0.2) is 9.78 Å². The van der Waals surface area contributed by atoms with E-state index in [-0.39, 0.29) is 29.8 Å². The Labute approximate surface area is 123 Å². The van der Waals surface area contributed by atoms with Crippen LogP contribution in [-0.2, 0) is 16.0 Å². The van der Waals surface area contributed by atoms with E-state index >= 15 is 0 Å². The largest absolute Gasteiger partial charge is 0.476 e. The summed E-state index contributed by atoms with van der Waals surface area (Å²) >= 11 is 1.10. The number of carbonyl (C=O) groups is 2. The van der Waals surface area contributed by atoms with Crippen LogP contribution < -0.4 is 0 Å². The van der Waals surface area contributed by atoms with Crippen LogP contribution in [0, 0.1) is 5.41 Å². The number of hydrogen-bond donors (Lipinski definition) is 1. The highest BCUT2D eigenvalue weighted by Crippen LogP contribution is 2.25. The Kier molecular flexibility index (Phi) is 4.03. The van der Waals surface area contributed by atoms with Gasteiger partial charge in [0.2, 0.25) is 11.7 Å². The maximum absolute atomic E-state index is 11.6. The fourth-order valence-electron chi connectivity index (χ4n) is 1.61. The molecule has 2 rings (SSSR count). The third kappa shape index (κ3) is 3.24. The van der Waals surface area contributed by atoms with E-state index in [4.69, 9.17) is 14.4 Å². The van der Waals surface area contributed by atoms with Crippen molar-refractivity contribution in [3.05, 3.63) is 17.0 Å². The molecule has 2 heterocycles. The van der Waals surface area contributed by atoms with E-state index in [1.54, 1.807) is 13.8 Å². The molecule has 0 aliphatic rings. The van der Waals surface area contributed by atoms with Crippen molar-refractivity contribution in [3.63, 3.8) is 0 Å². The number of hydrogen-bond acceptors (Lipinski definition) is 8. The highest BCUT2D eigenvalue weighted by atomic mass is 32.1. The van der Waals surface area contributed by atoms with Crippen LogP contribution in [-0.4, -0.2) is 39.3 Å². The van der Waals surface area contributed by atoms with E-state index in [1.807, 2.05) is 0 Å². The van der Waals surface area contributed by atoms with Gasteiger partial charge >= 0.3 is 11.9 Å². The average Bonchev–Trinajstić information content (AvgIpc) is 3.05. The van der Waals surface area contributed by atoms with Gasteiger partial charge < -0.3 is 14.4 Å². The zero-order valence-corrected chi connectivity index (χ0v) is 12.4. The zero-order valence-electron chi connectivity index (χ0n) is 11.6. The molecule has 2 aromatic heterocycles. The van der Waals surface area contributed by atoms with Crippen molar-refractivity contribution < 1.29 is 24.0 Å². The second-order valence-corrected chi connectivity index (χ2v) is 5.77. The number of esters is 1. The first-order valence-electron chi connectivity index (χ1n) is 5.93. The van der Waals surface area contributed by atoms with Crippen LogP contribution >= 0.6 is 11.3 Å². The van der Waals surface area contributed by atoms with E-state index in [1.165, 1.54) is 12.5 Å². The molecule has 0 fully saturated rings. The number of methoxy groups -OCH3 is 1. The van der Waals surface area contributed by atoms with Gasteiger partial charge in [-0.2, -0.15) is 4.98 Å². The second kappa shape index (κ2) is 5.60. The molecule has 9 heteroatoms. The monoisotopic (exact) mass is 311 g/mol.